The van der Waals surface area contributed by atoms with Crippen LogP contribution in [0.15, 0.2) is 72.8 Å². The average Bonchev–Trinajstić information content (AvgIpc) is 3.62. The number of phenols is 2. The molecule has 0 aliphatic heterocycles. The number of thiazole rings is 2. The molecule has 0 fully saturated rings. The fraction of sp³-hybridized carbons (Fsp3) is 0.133. The largest absolute Gasteiger partial charge is 0.502 e. The quantitative estimate of drug-likeness (QED) is 0.213. The number of rotatable bonds is 6. The molecule has 2 heterocycles. The van der Waals surface area contributed by atoms with Crippen molar-refractivity contribution in [3.63, 3.8) is 0 Å². The summed E-state index contributed by atoms with van der Waals surface area (Å²) < 4.78 is 22.9. The first-order chi connectivity index (χ1) is 19.4. The lowest BCUT2D eigenvalue weighted by Gasteiger charge is -2.09. The van der Waals surface area contributed by atoms with E-state index in [0.29, 0.717) is 23.0 Å². The highest BCUT2D eigenvalue weighted by atomic mass is 32.1. The molecule has 0 atom stereocenters. The van der Waals surface area contributed by atoms with Crippen LogP contribution in [0.25, 0.3) is 41.6 Å². The predicted molar refractivity (Wildman–Crippen MR) is 160 cm³/mol. The second kappa shape index (κ2) is 11.7. The highest BCUT2D eigenvalue weighted by molar-refractivity contribution is 7.22. The summed E-state index contributed by atoms with van der Waals surface area (Å²) in [6.45, 7) is 0. The summed E-state index contributed by atoms with van der Waals surface area (Å²) in [5, 5.41) is 21.6. The van der Waals surface area contributed by atoms with Crippen LogP contribution in [0, 0.1) is 0 Å². The average molecular weight is 575 g/mol. The Hall–Kier alpha value is -4.54. The maximum atomic E-state index is 9.93. The van der Waals surface area contributed by atoms with Gasteiger partial charge in [0.2, 0.25) is 11.5 Å². The van der Waals surface area contributed by atoms with Gasteiger partial charge in [-0.1, -0.05) is 24.3 Å². The van der Waals surface area contributed by atoms with E-state index < -0.39 is 0 Å². The van der Waals surface area contributed by atoms with Gasteiger partial charge in [-0.05, 0) is 48.5 Å². The summed E-state index contributed by atoms with van der Waals surface area (Å²) in [5.74, 6) is 1.49. The molecule has 0 aliphatic carbocycles. The maximum Gasteiger partial charge on any atom is 0.200 e. The van der Waals surface area contributed by atoms with Gasteiger partial charge in [0.1, 0.15) is 10.0 Å². The van der Waals surface area contributed by atoms with Crippen molar-refractivity contribution in [2.45, 2.75) is 0 Å². The number of benzene rings is 4. The molecule has 10 heteroatoms. The molecule has 0 radical (unpaired) electrons. The molecule has 4 aromatic carbocycles. The second-order valence-electron chi connectivity index (χ2n) is 8.43. The van der Waals surface area contributed by atoms with Crippen LogP contribution in [-0.4, -0.2) is 48.6 Å². The van der Waals surface area contributed by atoms with Crippen LogP contribution in [0.4, 0.5) is 0 Å². The van der Waals surface area contributed by atoms with Gasteiger partial charge in [-0.25, -0.2) is 9.97 Å². The summed E-state index contributed by atoms with van der Waals surface area (Å²) in [6, 6.07) is 23.0. The third-order valence-electron chi connectivity index (χ3n) is 6.04. The zero-order chi connectivity index (χ0) is 28.2. The smallest absolute Gasteiger partial charge is 0.200 e. The first kappa shape index (κ1) is 27.0. The molecule has 0 saturated heterocycles. The van der Waals surface area contributed by atoms with Gasteiger partial charge >= 0.3 is 0 Å². The molecule has 204 valence electrons. The van der Waals surface area contributed by atoms with E-state index >= 15 is 0 Å². The number of hydrogen-bond acceptors (Lipinski definition) is 10. The number of hydrogen-bond donors (Lipinski definition) is 2. The molecular weight excluding hydrogens is 548 g/mol. The Labute approximate surface area is 238 Å². The van der Waals surface area contributed by atoms with Gasteiger partial charge in [0, 0.05) is 11.1 Å². The first-order valence-electron chi connectivity index (χ1n) is 12.1. The van der Waals surface area contributed by atoms with Crippen LogP contribution in [0.5, 0.6) is 34.5 Å². The van der Waals surface area contributed by atoms with Gasteiger partial charge in [0.15, 0.2) is 23.0 Å². The fourth-order valence-corrected chi connectivity index (χ4v) is 5.93. The maximum absolute atomic E-state index is 9.93. The van der Waals surface area contributed by atoms with Crippen molar-refractivity contribution < 1.29 is 29.2 Å². The van der Waals surface area contributed by atoms with E-state index in [9.17, 15) is 10.2 Å². The first-order valence-corrected chi connectivity index (χ1v) is 13.7. The Kier molecular flexibility index (Phi) is 7.90. The van der Waals surface area contributed by atoms with Crippen LogP contribution < -0.4 is 18.9 Å². The van der Waals surface area contributed by atoms with E-state index in [1.165, 1.54) is 28.4 Å². The van der Waals surface area contributed by atoms with E-state index in [1.807, 2.05) is 48.5 Å². The number of aromatic nitrogens is 2. The molecule has 0 unspecified atom stereocenters. The van der Waals surface area contributed by atoms with Crippen LogP contribution in [0.3, 0.4) is 0 Å². The van der Waals surface area contributed by atoms with Crippen LogP contribution in [-0.2, 0) is 0 Å². The van der Waals surface area contributed by atoms with E-state index in [2.05, 4.69) is 9.97 Å². The van der Waals surface area contributed by atoms with Crippen molar-refractivity contribution in [2.24, 2.45) is 0 Å². The SMILES string of the molecule is COc1cc(-c2nc3ccccc3s2)cc(OC)c1O.COc1cc(-c2nc3ccccc3s2)cc(OC)c1O. The standard InChI is InChI=1S/2C15H13NO3S/c2*1-18-11-7-9(8-12(19-2)14(11)17)15-16-10-5-3-4-6-13(10)20-15/h2*3-8,17H,1-2H3. The molecule has 6 aromatic rings. The molecule has 0 saturated carbocycles. The Morgan fingerprint density at radius 1 is 0.525 bits per heavy atom. The Morgan fingerprint density at radius 3 is 1.15 bits per heavy atom. The summed E-state index contributed by atoms with van der Waals surface area (Å²) in [5.41, 5.74) is 3.63. The Morgan fingerprint density at radius 2 is 0.850 bits per heavy atom. The summed E-state index contributed by atoms with van der Waals surface area (Å²) >= 11 is 3.18. The van der Waals surface area contributed by atoms with E-state index in [-0.39, 0.29) is 11.5 Å². The second-order valence-corrected chi connectivity index (χ2v) is 10.5. The molecule has 40 heavy (non-hydrogen) atoms. The van der Waals surface area contributed by atoms with Crippen LogP contribution in [0.1, 0.15) is 0 Å². The number of ether oxygens (including phenoxy) is 4. The van der Waals surface area contributed by atoms with Crippen molar-refractivity contribution in [3.05, 3.63) is 72.8 Å². The van der Waals surface area contributed by atoms with Crippen molar-refractivity contribution >= 4 is 43.1 Å². The fourth-order valence-electron chi connectivity index (χ4n) is 4.03. The molecular formula is C30H26N2O6S2. The van der Waals surface area contributed by atoms with Gasteiger partial charge in [-0.2, -0.15) is 0 Å². The van der Waals surface area contributed by atoms with Gasteiger partial charge < -0.3 is 29.2 Å². The molecule has 2 aromatic heterocycles. The van der Waals surface area contributed by atoms with E-state index in [4.69, 9.17) is 18.9 Å². The number of phenolic OH excluding ortho intramolecular Hbond substituents is 2. The minimum Gasteiger partial charge on any atom is -0.502 e. The van der Waals surface area contributed by atoms with Gasteiger partial charge in [0.25, 0.3) is 0 Å². The molecule has 0 bridgehead atoms. The van der Waals surface area contributed by atoms with E-state index in [1.54, 1.807) is 46.9 Å². The number of methoxy groups -OCH3 is 4. The lowest BCUT2D eigenvalue weighted by molar-refractivity contribution is 0.340. The van der Waals surface area contributed by atoms with E-state index in [0.717, 1.165) is 41.6 Å². The monoisotopic (exact) mass is 574 g/mol. The lowest BCUT2D eigenvalue weighted by Crippen LogP contribution is -1.90. The van der Waals surface area contributed by atoms with Crippen molar-refractivity contribution in [3.8, 4) is 55.6 Å². The summed E-state index contributed by atoms with van der Waals surface area (Å²) in [4.78, 5) is 9.18. The Balaban J connectivity index is 0.000000161. The topological polar surface area (TPSA) is 103 Å². The summed E-state index contributed by atoms with van der Waals surface area (Å²) in [6.07, 6.45) is 0. The number of aromatic hydroxyl groups is 2. The Bertz CT molecular complexity index is 1550. The molecule has 0 amide bonds. The number of fused-ring (bicyclic) bond motifs is 2. The third-order valence-corrected chi connectivity index (χ3v) is 8.21. The number of para-hydroxylation sites is 2. The molecule has 2 N–H and O–H groups in total. The predicted octanol–water partition coefficient (Wildman–Crippen LogP) is 7.37. The third kappa shape index (κ3) is 5.31. The highest BCUT2D eigenvalue weighted by Crippen LogP contribution is 2.43. The molecule has 0 spiro atoms. The molecule has 8 nitrogen and oxygen atoms in total. The highest BCUT2D eigenvalue weighted by Gasteiger charge is 2.16. The van der Waals surface area contributed by atoms with Crippen molar-refractivity contribution in [1.82, 2.24) is 9.97 Å². The van der Waals surface area contributed by atoms with Crippen molar-refractivity contribution in [2.75, 3.05) is 28.4 Å². The van der Waals surface area contributed by atoms with Gasteiger partial charge in [0.05, 0.1) is 48.9 Å². The minimum atomic E-state index is -0.000129. The zero-order valence-electron chi connectivity index (χ0n) is 22.2. The summed E-state index contributed by atoms with van der Waals surface area (Å²) in [7, 11) is 6.04. The van der Waals surface area contributed by atoms with Crippen LogP contribution in [0.2, 0.25) is 0 Å². The molecule has 0 aliphatic rings. The van der Waals surface area contributed by atoms with Crippen molar-refractivity contribution in [1.29, 1.82) is 0 Å². The van der Waals surface area contributed by atoms with Crippen LogP contribution >= 0.6 is 22.7 Å². The normalized spacial score (nSPS) is 10.7. The zero-order valence-corrected chi connectivity index (χ0v) is 23.8. The lowest BCUT2D eigenvalue weighted by atomic mass is 10.2. The van der Waals surface area contributed by atoms with Gasteiger partial charge in [-0.3, -0.25) is 0 Å². The minimum absolute atomic E-state index is 0.000129. The number of nitrogens with zero attached hydrogens (tertiary/aromatic N) is 2. The van der Waals surface area contributed by atoms with Gasteiger partial charge in [-0.15, -0.1) is 22.7 Å². The molecule has 6 rings (SSSR count).